The van der Waals surface area contributed by atoms with Crippen molar-refractivity contribution in [2.45, 2.75) is 56.8 Å². The largest absolute Gasteiger partial charge is 0.542 e. The van der Waals surface area contributed by atoms with E-state index in [0.29, 0.717) is 6.54 Å². The Kier molecular flexibility index (Phi) is 10.7. The Balaban J connectivity index is 0.000000616. The summed E-state index contributed by atoms with van der Waals surface area (Å²) >= 11 is 0. The summed E-state index contributed by atoms with van der Waals surface area (Å²) in [6, 6.07) is 8.70. The van der Waals surface area contributed by atoms with Crippen molar-refractivity contribution >= 4 is 21.8 Å². The average molecular weight is 618 g/mol. The monoisotopic (exact) mass is 617 g/mol. The van der Waals surface area contributed by atoms with Crippen LogP contribution in [0.3, 0.4) is 0 Å². The Morgan fingerprint density at radius 3 is 2.36 bits per heavy atom. The van der Waals surface area contributed by atoms with Crippen molar-refractivity contribution in [3.8, 4) is 5.88 Å². The number of nitrogens with one attached hydrogen (secondary N) is 2. The van der Waals surface area contributed by atoms with E-state index in [9.17, 15) is 30.4 Å². The molecule has 0 aliphatic carbocycles. The normalized spacial score (nSPS) is 15.7. The lowest BCUT2D eigenvalue weighted by atomic mass is 9.97. The molecule has 16 heteroatoms. The van der Waals surface area contributed by atoms with Gasteiger partial charge in [0.25, 0.3) is 16.4 Å². The molecule has 0 saturated heterocycles. The molecule has 0 spiro atoms. The van der Waals surface area contributed by atoms with Gasteiger partial charge in [0.2, 0.25) is 5.88 Å². The third-order valence-corrected chi connectivity index (χ3v) is 7.74. The number of pyridine rings is 1. The average Bonchev–Trinajstić information content (AvgIpc) is 2.95. The minimum Gasteiger partial charge on any atom is -0.542 e. The van der Waals surface area contributed by atoms with Crippen LogP contribution in [0.25, 0.3) is 0 Å². The zero-order chi connectivity index (χ0) is 31.1. The predicted molar refractivity (Wildman–Crippen MR) is 137 cm³/mol. The van der Waals surface area contributed by atoms with E-state index in [0.717, 1.165) is 41.8 Å². The fourth-order valence-electron chi connectivity index (χ4n) is 4.08. The standard InChI is InChI=1S/C24H27F2N5O3S.C2HF3O2/c1-3-20-12-28-23(13-27-20)30-35(32,33)21-6-4-17-8-9-31(14-19(17)10-21)16(2)18-5-7-24(29-11-18)34-15-22(25)26;3-2(4,5)1(6)7/h4-7,10-13,16,22H,3,8-9,14-15H2,1-2H3,(H,28,30);(H,6,7)/t16-;/m1./s1. The second-order valence-electron chi connectivity index (χ2n) is 9.26. The highest BCUT2D eigenvalue weighted by atomic mass is 32.2. The minimum absolute atomic E-state index is 0.0746. The highest BCUT2D eigenvalue weighted by Gasteiger charge is 2.29. The van der Waals surface area contributed by atoms with Gasteiger partial charge in [0.1, 0.15) is 18.6 Å². The number of aryl methyl sites for hydroxylation is 1. The Labute approximate surface area is 238 Å². The number of carbonyl (C=O) groups excluding carboxylic acids is 1. The molecule has 228 valence electrons. The zero-order valence-electron chi connectivity index (χ0n) is 22.5. The van der Waals surface area contributed by atoms with E-state index >= 15 is 0 Å². The molecule has 2 aromatic heterocycles. The maximum absolute atomic E-state index is 13.0. The number of rotatable bonds is 9. The van der Waals surface area contributed by atoms with Crippen molar-refractivity contribution in [1.29, 1.82) is 0 Å². The molecule has 10 nitrogen and oxygen atoms in total. The molecule has 2 N–H and O–H groups in total. The summed E-state index contributed by atoms with van der Waals surface area (Å²) < 4.78 is 89.6. The third-order valence-electron chi connectivity index (χ3n) is 6.39. The number of aliphatic carboxylic acids is 1. The first-order valence-electron chi connectivity index (χ1n) is 12.6. The first-order valence-corrected chi connectivity index (χ1v) is 14.1. The predicted octanol–water partition coefficient (Wildman–Crippen LogP) is 1.88. The molecular formula is C26H28F5N5O5S. The minimum atomic E-state index is -5.19. The molecule has 42 heavy (non-hydrogen) atoms. The van der Waals surface area contributed by atoms with Crippen LogP contribution in [0.15, 0.2) is 53.8 Å². The Hall–Kier alpha value is -3.92. The van der Waals surface area contributed by atoms with E-state index in [1.54, 1.807) is 30.6 Å². The quantitative estimate of drug-likeness (QED) is 0.347. The molecular weight excluding hydrogens is 589 g/mol. The Morgan fingerprint density at radius 1 is 1.10 bits per heavy atom. The lowest BCUT2D eigenvalue weighted by molar-refractivity contribution is -0.945. The number of fused-ring (bicyclic) bond motifs is 1. The molecule has 0 bridgehead atoms. The summed E-state index contributed by atoms with van der Waals surface area (Å²) in [5.41, 5.74) is 3.83. The number of hydrogen-bond donors (Lipinski definition) is 2. The van der Waals surface area contributed by atoms with Gasteiger partial charge in [0.05, 0.1) is 29.5 Å². The van der Waals surface area contributed by atoms with Gasteiger partial charge < -0.3 is 19.5 Å². The van der Waals surface area contributed by atoms with Crippen LogP contribution in [0, 0.1) is 0 Å². The summed E-state index contributed by atoms with van der Waals surface area (Å²) in [4.78, 5) is 22.7. The molecule has 1 aromatic carbocycles. The number of anilines is 1. The number of aromatic nitrogens is 3. The van der Waals surface area contributed by atoms with E-state index in [1.165, 1.54) is 11.1 Å². The van der Waals surface area contributed by atoms with Gasteiger partial charge in [-0.1, -0.05) is 13.0 Å². The van der Waals surface area contributed by atoms with Gasteiger partial charge >= 0.3 is 6.18 Å². The van der Waals surface area contributed by atoms with E-state index in [-0.39, 0.29) is 22.6 Å². The topological polar surface area (TPSA) is 139 Å². The van der Waals surface area contributed by atoms with Crippen LogP contribution in [-0.2, 0) is 34.2 Å². The number of alkyl halides is 5. The van der Waals surface area contributed by atoms with Crippen molar-refractivity contribution in [2.24, 2.45) is 0 Å². The number of hydrogen-bond acceptors (Lipinski definition) is 8. The first kappa shape index (κ1) is 32.6. The summed E-state index contributed by atoms with van der Waals surface area (Å²) in [5, 5.41) is 8.78. The molecule has 3 aromatic rings. The number of ether oxygens (including phenoxy) is 1. The lowest BCUT2D eigenvalue weighted by Crippen LogP contribution is -3.11. The second-order valence-corrected chi connectivity index (χ2v) is 10.9. The summed E-state index contributed by atoms with van der Waals surface area (Å²) in [5.74, 6) is -2.67. The van der Waals surface area contributed by atoms with Crippen LogP contribution in [-0.4, -0.2) is 55.1 Å². The van der Waals surface area contributed by atoms with Crippen LogP contribution >= 0.6 is 0 Å². The van der Waals surface area contributed by atoms with Crippen molar-refractivity contribution in [1.82, 2.24) is 15.0 Å². The summed E-state index contributed by atoms with van der Waals surface area (Å²) in [6.07, 6.45) is -1.60. The summed E-state index contributed by atoms with van der Waals surface area (Å²) in [7, 11) is -3.81. The molecule has 3 heterocycles. The smallest absolute Gasteiger partial charge is 0.430 e. The van der Waals surface area contributed by atoms with E-state index in [4.69, 9.17) is 14.6 Å². The first-order chi connectivity index (χ1) is 19.7. The molecule has 0 radical (unpaired) electrons. The fourth-order valence-corrected chi connectivity index (χ4v) is 5.12. The van der Waals surface area contributed by atoms with Crippen molar-refractivity contribution in [3.05, 3.63) is 71.3 Å². The van der Waals surface area contributed by atoms with Gasteiger partial charge in [-0.3, -0.25) is 9.71 Å². The van der Waals surface area contributed by atoms with Crippen LogP contribution in [0.2, 0.25) is 0 Å². The van der Waals surface area contributed by atoms with E-state index < -0.39 is 35.2 Å². The number of carboxylic acids is 1. The van der Waals surface area contributed by atoms with E-state index in [2.05, 4.69) is 26.6 Å². The van der Waals surface area contributed by atoms with Gasteiger partial charge in [0.15, 0.2) is 12.4 Å². The Morgan fingerprint density at radius 2 is 1.81 bits per heavy atom. The van der Waals surface area contributed by atoms with Crippen LogP contribution in [0.1, 0.15) is 42.3 Å². The molecule has 0 amide bonds. The number of halogens is 5. The van der Waals surface area contributed by atoms with Gasteiger partial charge in [-0.25, -0.2) is 27.2 Å². The Bertz CT molecular complexity index is 1460. The lowest BCUT2D eigenvalue weighted by Gasteiger charge is -2.31. The van der Waals surface area contributed by atoms with Crippen LogP contribution in [0.5, 0.6) is 5.88 Å². The third kappa shape index (κ3) is 9.04. The van der Waals surface area contributed by atoms with Crippen molar-refractivity contribution in [2.75, 3.05) is 17.9 Å². The molecule has 0 fully saturated rings. The molecule has 1 aliphatic rings. The van der Waals surface area contributed by atoms with Crippen LogP contribution in [0.4, 0.5) is 27.8 Å². The molecule has 0 saturated carbocycles. The number of quaternary nitrogens is 1. The second kappa shape index (κ2) is 13.8. The maximum Gasteiger partial charge on any atom is 0.430 e. The zero-order valence-corrected chi connectivity index (χ0v) is 23.3. The van der Waals surface area contributed by atoms with Crippen molar-refractivity contribution in [3.63, 3.8) is 0 Å². The van der Waals surface area contributed by atoms with Crippen molar-refractivity contribution < 1.29 is 49.9 Å². The number of nitrogens with zero attached hydrogens (tertiary/aromatic N) is 3. The summed E-state index contributed by atoms with van der Waals surface area (Å²) in [6.45, 7) is 4.85. The van der Waals surface area contributed by atoms with Gasteiger partial charge in [-0.2, -0.15) is 13.2 Å². The van der Waals surface area contributed by atoms with Gasteiger partial charge in [-0.15, -0.1) is 0 Å². The fraction of sp³-hybridized carbons (Fsp3) is 0.385. The molecule has 1 unspecified atom stereocenters. The highest BCUT2D eigenvalue weighted by molar-refractivity contribution is 7.92. The number of carboxylic acid groups (broad SMARTS) is 1. The molecule has 2 atom stereocenters. The van der Waals surface area contributed by atoms with Gasteiger partial charge in [-0.05, 0) is 37.1 Å². The molecule has 1 aliphatic heterocycles. The highest BCUT2D eigenvalue weighted by Crippen LogP contribution is 2.22. The maximum atomic E-state index is 13.0. The SMILES string of the molecule is CCc1cnc(NS(=O)(=O)c2ccc3c(c2)C[NH+]([C@H](C)c2ccc(OCC(F)F)nc2)CC3)cn1.O=C([O-])C(F)(F)F. The number of carbonyl (C=O) groups is 1. The molecule has 4 rings (SSSR count). The van der Waals surface area contributed by atoms with E-state index in [1.807, 2.05) is 19.1 Å². The number of sulfonamides is 1. The van der Waals surface area contributed by atoms with Crippen LogP contribution < -0.4 is 19.5 Å². The number of benzene rings is 1. The van der Waals surface area contributed by atoms with Gasteiger partial charge in [0, 0.05) is 29.8 Å².